The van der Waals surface area contributed by atoms with E-state index in [0.29, 0.717) is 11.5 Å². The molecule has 1 amide bonds. The van der Waals surface area contributed by atoms with Gasteiger partial charge < -0.3 is 13.3 Å². The van der Waals surface area contributed by atoms with Crippen LogP contribution >= 0.6 is 23.0 Å². The van der Waals surface area contributed by atoms with Crippen molar-refractivity contribution in [1.82, 2.24) is 14.9 Å². The number of aryl methyl sites for hydroxylation is 3. The molecule has 1 aromatic heterocycles. The van der Waals surface area contributed by atoms with Gasteiger partial charge >= 0.3 is 0 Å². The maximum absolute atomic E-state index is 13.3. The molecule has 3 aromatic rings. The van der Waals surface area contributed by atoms with E-state index in [4.69, 9.17) is 8.70 Å². The third kappa shape index (κ3) is 6.45. The average molecular weight is 572 g/mol. The van der Waals surface area contributed by atoms with Gasteiger partial charge in [-0.05, 0) is 68.9 Å². The summed E-state index contributed by atoms with van der Waals surface area (Å²) in [5.41, 5.74) is 6.57. The topological polar surface area (TPSA) is 93.0 Å². The smallest absolute Gasteiger partial charge is 0.254 e. The van der Waals surface area contributed by atoms with Gasteiger partial charge in [-0.25, -0.2) is 4.98 Å². The highest BCUT2D eigenvalue weighted by Crippen LogP contribution is 2.30. The Hall–Kier alpha value is -2.70. The lowest BCUT2D eigenvalue weighted by Crippen LogP contribution is -2.38. The molecule has 0 spiro atoms. The zero-order valence-corrected chi connectivity index (χ0v) is 22.7. The predicted octanol–water partition coefficient (Wildman–Crippen LogP) is 6.25. The molecule has 1 aliphatic heterocycles. The van der Waals surface area contributed by atoms with Crippen LogP contribution in [0.2, 0.25) is 0 Å². The third-order valence-corrected chi connectivity index (χ3v) is 6.04. The van der Waals surface area contributed by atoms with Gasteiger partial charge in [-0.2, -0.15) is 5.26 Å². The lowest BCUT2D eigenvalue weighted by molar-refractivity contribution is 0.0712. The fourth-order valence-corrected chi connectivity index (χ4v) is 4.31. The number of hydrogen-bond donors (Lipinski definition) is 2. The Bertz CT molecular complexity index is 1120. The van der Waals surface area contributed by atoms with E-state index in [-0.39, 0.29) is 5.91 Å². The van der Waals surface area contributed by atoms with E-state index >= 15 is 0 Å². The van der Waals surface area contributed by atoms with Crippen molar-refractivity contribution in [2.24, 2.45) is 0 Å². The first kappa shape index (κ1) is 27.5. The molecule has 7 heteroatoms. The summed E-state index contributed by atoms with van der Waals surface area (Å²) in [5, 5.41) is 8.97. The molecule has 1 fully saturated rings. The van der Waals surface area contributed by atoms with Gasteiger partial charge in [-0.15, -0.1) is 0 Å². The number of benzene rings is 2. The molecule has 2 aromatic carbocycles. The summed E-state index contributed by atoms with van der Waals surface area (Å²) < 4.78 is 6.97. The van der Waals surface area contributed by atoms with Gasteiger partial charge in [-0.3, -0.25) is 4.79 Å². The Labute approximate surface area is 216 Å². The zero-order valence-electron chi connectivity index (χ0n) is 20.5. The van der Waals surface area contributed by atoms with E-state index in [2.05, 4.69) is 16.0 Å². The molecule has 34 heavy (non-hydrogen) atoms. The quantitative estimate of drug-likeness (QED) is 0.363. The molecule has 0 atom stereocenters. The number of amides is 1. The van der Waals surface area contributed by atoms with Crippen LogP contribution in [0.1, 0.15) is 71.2 Å². The second-order valence-electron chi connectivity index (χ2n) is 8.13. The number of aromatic amines is 1. The van der Waals surface area contributed by atoms with Crippen LogP contribution in [0.4, 0.5) is 0 Å². The molecular formula is C27H33IN4O2. The van der Waals surface area contributed by atoms with Crippen LogP contribution in [-0.2, 0) is 0 Å². The summed E-state index contributed by atoms with van der Waals surface area (Å²) in [6.45, 7) is 11.4. The number of piperidine rings is 1. The van der Waals surface area contributed by atoms with Crippen molar-refractivity contribution in [3.05, 3.63) is 76.2 Å². The minimum absolute atomic E-state index is 0.0949. The van der Waals surface area contributed by atoms with Gasteiger partial charge in [0.1, 0.15) is 28.8 Å². The fraction of sp³-hybridized carbons (Fsp3) is 0.370. The number of carbonyl (C=O) groups is 1. The van der Waals surface area contributed by atoms with Crippen LogP contribution in [-0.4, -0.2) is 37.3 Å². The second-order valence-corrected chi connectivity index (χ2v) is 8.13. The Morgan fingerprint density at radius 1 is 1.09 bits per heavy atom. The highest BCUT2D eigenvalue weighted by molar-refractivity contribution is 14.1. The summed E-state index contributed by atoms with van der Waals surface area (Å²) in [6.07, 6.45) is 1.88. The number of nitrogens with zero attached hydrogens (tertiary/aromatic N) is 3. The number of carbonyl (C=O) groups excluding carboxylic acids is 1. The third-order valence-electron chi connectivity index (χ3n) is 6.04. The van der Waals surface area contributed by atoms with Crippen LogP contribution in [0.5, 0.6) is 0 Å². The molecule has 0 unspecified atom stereocenters. The molecule has 4 rings (SSSR count). The largest absolute Gasteiger partial charge is 0.346 e. The number of nitrogens with one attached hydrogen (secondary N) is 1. The molecule has 1 aliphatic rings. The van der Waals surface area contributed by atoms with Crippen LogP contribution in [0.25, 0.3) is 11.3 Å². The minimum Gasteiger partial charge on any atom is -0.346 e. The number of H-pyrrole nitrogens is 1. The zero-order chi connectivity index (χ0) is 25.3. The highest BCUT2D eigenvalue weighted by Gasteiger charge is 2.26. The number of nitriles is 1. The Morgan fingerprint density at radius 2 is 1.71 bits per heavy atom. The lowest BCUT2D eigenvalue weighted by atomic mass is 9.88. The molecule has 0 radical (unpaired) electrons. The lowest BCUT2D eigenvalue weighted by Gasteiger charge is -2.32. The van der Waals surface area contributed by atoms with Gasteiger partial charge in [0, 0.05) is 29.9 Å². The van der Waals surface area contributed by atoms with Crippen molar-refractivity contribution in [3.8, 4) is 17.3 Å². The van der Waals surface area contributed by atoms with Crippen molar-refractivity contribution in [2.75, 3.05) is 13.1 Å². The van der Waals surface area contributed by atoms with Gasteiger partial charge in [0.25, 0.3) is 5.91 Å². The summed E-state index contributed by atoms with van der Waals surface area (Å²) >= 11 is 1.15. The van der Waals surface area contributed by atoms with E-state index in [1.165, 1.54) is 5.56 Å². The van der Waals surface area contributed by atoms with E-state index in [9.17, 15) is 4.79 Å². The number of aromatic nitrogens is 2. The summed E-state index contributed by atoms with van der Waals surface area (Å²) in [6, 6.07) is 16.0. The second kappa shape index (κ2) is 13.3. The minimum atomic E-state index is 0.0949. The number of imidazole rings is 1. The molecule has 0 bridgehead atoms. The summed E-state index contributed by atoms with van der Waals surface area (Å²) in [4.78, 5) is 23.1. The fourth-order valence-electron chi connectivity index (χ4n) is 4.31. The monoisotopic (exact) mass is 572 g/mol. The maximum Gasteiger partial charge on any atom is 0.254 e. The van der Waals surface area contributed by atoms with Gasteiger partial charge in [0.05, 0.1) is 17.3 Å². The van der Waals surface area contributed by atoms with Crippen molar-refractivity contribution < 1.29 is 8.23 Å². The van der Waals surface area contributed by atoms with Crippen LogP contribution in [0, 0.1) is 32.1 Å². The van der Waals surface area contributed by atoms with E-state index in [1.807, 2.05) is 82.0 Å². The first-order chi connectivity index (χ1) is 16.5. The molecule has 2 N–H and O–H groups in total. The Kier molecular flexibility index (Phi) is 10.7. The molecule has 2 heterocycles. The first-order valence-corrected chi connectivity index (χ1v) is 12.5. The summed E-state index contributed by atoms with van der Waals surface area (Å²) in [5.74, 6) is 1.40. The molecule has 6 nitrogen and oxygen atoms in total. The molecular weight excluding hydrogens is 539 g/mol. The van der Waals surface area contributed by atoms with Gasteiger partial charge in [0.2, 0.25) is 0 Å². The molecule has 0 saturated carbocycles. The molecule has 180 valence electrons. The van der Waals surface area contributed by atoms with Crippen LogP contribution in [0.3, 0.4) is 0 Å². The van der Waals surface area contributed by atoms with Crippen molar-refractivity contribution >= 4 is 28.9 Å². The van der Waals surface area contributed by atoms with Crippen molar-refractivity contribution in [1.29, 1.82) is 5.26 Å². The number of likely N-dealkylation sites (tertiary alicyclic amines) is 1. The van der Waals surface area contributed by atoms with Crippen LogP contribution < -0.4 is 0 Å². The Morgan fingerprint density at radius 3 is 2.24 bits per heavy atom. The van der Waals surface area contributed by atoms with Crippen molar-refractivity contribution in [3.63, 3.8) is 0 Å². The number of rotatable bonds is 3. The van der Waals surface area contributed by atoms with E-state index in [1.54, 1.807) is 0 Å². The average Bonchev–Trinajstić information content (AvgIpc) is 3.24. The highest BCUT2D eigenvalue weighted by atomic mass is 127. The summed E-state index contributed by atoms with van der Waals surface area (Å²) in [7, 11) is 0. The van der Waals surface area contributed by atoms with Crippen LogP contribution in [0.15, 0.2) is 42.5 Å². The number of halogens is 1. The predicted molar refractivity (Wildman–Crippen MR) is 145 cm³/mol. The van der Waals surface area contributed by atoms with Gasteiger partial charge in [0.15, 0.2) is 0 Å². The molecule has 0 aliphatic carbocycles. The van der Waals surface area contributed by atoms with E-state index in [0.717, 1.165) is 82.8 Å². The van der Waals surface area contributed by atoms with Gasteiger partial charge in [-0.1, -0.05) is 38.1 Å². The standard InChI is InChI=1S/C25H26N4O.C2H6.HIO/c1-16-4-7-22(24-17(2)27-18(3)28-24)14-23(16)25(30)29-12-10-21(11-13-29)20-8-5-19(15-26)6-9-20;2*1-2/h4-9,14,21H,10-13H2,1-3H3,(H,27,28);1-2H3;2H. The van der Waals surface area contributed by atoms with E-state index < -0.39 is 0 Å². The Balaban J connectivity index is 0.000000970. The first-order valence-electron chi connectivity index (χ1n) is 11.6. The normalized spacial score (nSPS) is 13.2. The van der Waals surface area contributed by atoms with Crippen molar-refractivity contribution in [2.45, 2.75) is 53.4 Å². The molecule has 1 saturated heterocycles. The SMILES string of the molecule is CC.Cc1nc(-c2ccc(C)c(C(=O)N3CCC(c4ccc(C#N)cc4)CC3)c2)c(C)[nH]1.OI. The maximum atomic E-state index is 13.3. The number of hydrogen-bond acceptors (Lipinski definition) is 4.